The summed E-state index contributed by atoms with van der Waals surface area (Å²) in [5.41, 5.74) is 0.745. The minimum atomic E-state index is -2.09. The fourth-order valence-electron chi connectivity index (χ4n) is 2.33. The van der Waals surface area contributed by atoms with E-state index in [-0.39, 0.29) is 12.1 Å². The zero-order valence-corrected chi connectivity index (χ0v) is 15.1. The van der Waals surface area contributed by atoms with Gasteiger partial charge in [0.1, 0.15) is 18.6 Å². The van der Waals surface area contributed by atoms with E-state index in [1.54, 1.807) is 6.07 Å². The first-order valence-corrected chi connectivity index (χ1v) is 8.85. The summed E-state index contributed by atoms with van der Waals surface area (Å²) in [7, 11) is -2.09. The summed E-state index contributed by atoms with van der Waals surface area (Å²) in [5, 5.41) is 24.2. The van der Waals surface area contributed by atoms with Crippen LogP contribution in [0.4, 0.5) is 10.1 Å². The minimum Gasteiger partial charge on any atom is -0.402 e. The van der Waals surface area contributed by atoms with Gasteiger partial charge in [-0.3, -0.25) is 14.5 Å². The van der Waals surface area contributed by atoms with Crippen LogP contribution in [0.1, 0.15) is 5.56 Å². The second-order valence-corrected chi connectivity index (χ2v) is 6.21. The molecule has 0 radical (unpaired) electrons. The predicted molar refractivity (Wildman–Crippen MR) is 100 cm³/mol. The highest BCUT2D eigenvalue weighted by Gasteiger charge is 2.24. The van der Waals surface area contributed by atoms with Gasteiger partial charge >= 0.3 is 7.32 Å². The van der Waals surface area contributed by atoms with Gasteiger partial charge in [-0.05, 0) is 40.6 Å². The zero-order valence-electron chi connectivity index (χ0n) is 14.2. The first-order valence-electron chi connectivity index (χ1n) is 7.91. The summed E-state index contributed by atoms with van der Waals surface area (Å²) in [6.45, 7) is 2.86. The van der Waals surface area contributed by atoms with Crippen molar-refractivity contribution in [1.82, 2.24) is 5.32 Å². The standard InChI is InChI=1S/C17H18BFN2O5S/c1-2-17(23)21(14-6-4-3-5-13(14)19)10-15(22)20-16(26-18(24)25)9-12-7-8-27-11-12/h2-8,11,16,24-25H,1,9-10H2,(H,20,22)/t16-/m1/s1. The van der Waals surface area contributed by atoms with Gasteiger partial charge < -0.3 is 20.0 Å². The van der Waals surface area contributed by atoms with E-state index in [0.717, 1.165) is 16.5 Å². The fourth-order valence-corrected chi connectivity index (χ4v) is 3.02. The molecule has 0 aliphatic carbocycles. The molecule has 0 aliphatic rings. The lowest BCUT2D eigenvalue weighted by molar-refractivity contribution is -0.124. The summed E-state index contributed by atoms with van der Waals surface area (Å²) in [6.07, 6.45) is 0.104. The SMILES string of the molecule is C=CC(=O)N(CC(=O)N[C@@H](Cc1ccsc1)OB(O)O)c1ccccc1F. The van der Waals surface area contributed by atoms with Crippen molar-refractivity contribution < 1.29 is 28.7 Å². The van der Waals surface area contributed by atoms with Crippen molar-refractivity contribution in [2.24, 2.45) is 0 Å². The van der Waals surface area contributed by atoms with E-state index >= 15 is 0 Å². The van der Waals surface area contributed by atoms with Gasteiger partial charge in [0.2, 0.25) is 5.91 Å². The van der Waals surface area contributed by atoms with Gasteiger partial charge in [0.05, 0.1) is 5.69 Å². The normalized spacial score (nSPS) is 11.5. The van der Waals surface area contributed by atoms with Crippen LogP contribution in [0.3, 0.4) is 0 Å². The molecule has 2 amide bonds. The van der Waals surface area contributed by atoms with Gasteiger partial charge in [-0.15, -0.1) is 0 Å². The molecule has 0 aliphatic heterocycles. The summed E-state index contributed by atoms with van der Waals surface area (Å²) >= 11 is 1.44. The lowest BCUT2D eigenvalue weighted by Crippen LogP contribution is -2.47. The van der Waals surface area contributed by atoms with Crippen LogP contribution in [0.5, 0.6) is 0 Å². The van der Waals surface area contributed by atoms with Crippen LogP contribution in [0.15, 0.2) is 53.7 Å². The average Bonchev–Trinajstić information content (AvgIpc) is 3.12. The molecule has 1 heterocycles. The third-order valence-corrected chi connectivity index (χ3v) is 4.23. The largest absolute Gasteiger partial charge is 0.635 e. The number of anilines is 1. The molecule has 10 heteroatoms. The molecule has 2 aromatic rings. The molecule has 27 heavy (non-hydrogen) atoms. The number of para-hydroxylation sites is 1. The number of hydrogen-bond donors (Lipinski definition) is 3. The fraction of sp³-hybridized carbons (Fsp3) is 0.176. The van der Waals surface area contributed by atoms with Crippen molar-refractivity contribution in [1.29, 1.82) is 0 Å². The number of carbonyl (C=O) groups is 2. The predicted octanol–water partition coefficient (Wildman–Crippen LogP) is 1.08. The first kappa shape index (κ1) is 20.8. The van der Waals surface area contributed by atoms with Crippen LogP contribution in [0, 0.1) is 5.82 Å². The molecule has 2 rings (SSSR count). The molecule has 0 saturated carbocycles. The van der Waals surface area contributed by atoms with E-state index in [2.05, 4.69) is 11.9 Å². The Morgan fingerprint density at radius 1 is 1.37 bits per heavy atom. The third kappa shape index (κ3) is 6.29. The van der Waals surface area contributed by atoms with E-state index in [0.29, 0.717) is 0 Å². The van der Waals surface area contributed by atoms with E-state index in [1.165, 1.54) is 35.6 Å². The Labute approximate surface area is 159 Å². The van der Waals surface area contributed by atoms with Crippen LogP contribution in [0.25, 0.3) is 0 Å². The topological polar surface area (TPSA) is 99.1 Å². The van der Waals surface area contributed by atoms with Crippen molar-refractivity contribution in [3.8, 4) is 0 Å². The van der Waals surface area contributed by atoms with Crippen molar-refractivity contribution >= 4 is 36.2 Å². The van der Waals surface area contributed by atoms with Crippen molar-refractivity contribution in [3.05, 3.63) is 65.1 Å². The first-order chi connectivity index (χ1) is 12.9. The molecule has 0 fully saturated rings. The maximum atomic E-state index is 14.0. The molecule has 0 unspecified atom stereocenters. The Morgan fingerprint density at radius 2 is 2.11 bits per heavy atom. The van der Waals surface area contributed by atoms with Crippen LogP contribution < -0.4 is 10.2 Å². The molecule has 3 N–H and O–H groups in total. The Kier molecular flexibility index (Phi) is 7.68. The Bertz CT molecular complexity index is 787. The van der Waals surface area contributed by atoms with Gasteiger partial charge in [0, 0.05) is 6.42 Å². The lowest BCUT2D eigenvalue weighted by Gasteiger charge is -2.24. The van der Waals surface area contributed by atoms with Gasteiger partial charge in [-0.1, -0.05) is 18.7 Å². The Hall–Kier alpha value is -2.53. The molecule has 1 atom stereocenters. The van der Waals surface area contributed by atoms with E-state index < -0.39 is 37.7 Å². The number of amides is 2. The second kappa shape index (κ2) is 9.98. The summed E-state index contributed by atoms with van der Waals surface area (Å²) in [6, 6.07) is 7.32. The summed E-state index contributed by atoms with van der Waals surface area (Å²) in [4.78, 5) is 25.4. The summed E-state index contributed by atoms with van der Waals surface area (Å²) in [5.74, 6) is -2.00. The molecular weight excluding hydrogens is 374 g/mol. The number of hydrogen-bond acceptors (Lipinski definition) is 6. The highest BCUT2D eigenvalue weighted by molar-refractivity contribution is 7.07. The maximum Gasteiger partial charge on any atom is 0.635 e. The van der Waals surface area contributed by atoms with E-state index in [9.17, 15) is 14.0 Å². The molecular formula is C17H18BFN2O5S. The second-order valence-electron chi connectivity index (χ2n) is 5.43. The van der Waals surface area contributed by atoms with E-state index in [4.69, 9.17) is 14.7 Å². The van der Waals surface area contributed by atoms with Crippen LogP contribution in [-0.2, 0) is 20.7 Å². The highest BCUT2D eigenvalue weighted by atomic mass is 32.1. The number of carbonyl (C=O) groups excluding carboxylic acids is 2. The minimum absolute atomic E-state index is 0.0740. The Morgan fingerprint density at radius 3 is 2.70 bits per heavy atom. The van der Waals surface area contributed by atoms with Gasteiger partial charge in [-0.2, -0.15) is 11.3 Å². The molecule has 7 nitrogen and oxygen atoms in total. The van der Waals surface area contributed by atoms with Crippen molar-refractivity contribution in [3.63, 3.8) is 0 Å². The van der Waals surface area contributed by atoms with Crippen molar-refractivity contribution in [2.45, 2.75) is 12.6 Å². The highest BCUT2D eigenvalue weighted by Crippen LogP contribution is 2.19. The smallest absolute Gasteiger partial charge is 0.402 e. The van der Waals surface area contributed by atoms with Crippen LogP contribution in [0.2, 0.25) is 0 Å². The molecule has 0 saturated heterocycles. The van der Waals surface area contributed by atoms with E-state index in [1.807, 2.05) is 10.8 Å². The number of halogens is 1. The molecule has 142 valence electrons. The van der Waals surface area contributed by atoms with Crippen molar-refractivity contribution in [2.75, 3.05) is 11.4 Å². The van der Waals surface area contributed by atoms with Gasteiger partial charge in [-0.25, -0.2) is 4.39 Å². The molecule has 0 spiro atoms. The summed E-state index contributed by atoms with van der Waals surface area (Å²) < 4.78 is 18.9. The quantitative estimate of drug-likeness (QED) is 0.337. The van der Waals surface area contributed by atoms with Gasteiger partial charge in [0.25, 0.3) is 5.91 Å². The van der Waals surface area contributed by atoms with Crippen LogP contribution >= 0.6 is 11.3 Å². The van der Waals surface area contributed by atoms with Crippen LogP contribution in [-0.4, -0.2) is 42.0 Å². The lowest BCUT2D eigenvalue weighted by atomic mass is 10.2. The number of nitrogens with one attached hydrogen (secondary N) is 1. The number of rotatable bonds is 9. The number of benzene rings is 1. The third-order valence-electron chi connectivity index (χ3n) is 3.49. The number of thiophene rings is 1. The molecule has 1 aromatic heterocycles. The zero-order chi connectivity index (χ0) is 19.8. The monoisotopic (exact) mass is 392 g/mol. The maximum absolute atomic E-state index is 14.0. The molecule has 0 bridgehead atoms. The Balaban J connectivity index is 2.11. The molecule has 1 aromatic carbocycles. The van der Waals surface area contributed by atoms with Gasteiger partial charge in [0.15, 0.2) is 0 Å². The average molecular weight is 392 g/mol. The number of nitrogens with zero attached hydrogens (tertiary/aromatic N) is 1.